The number of benzene rings is 1. The molecule has 1 rings (SSSR count). The fourth-order valence-electron chi connectivity index (χ4n) is 0.996. The number of rotatable bonds is 3. The van der Waals surface area contributed by atoms with Crippen molar-refractivity contribution in [3.8, 4) is 5.75 Å². The molecule has 1 aromatic carbocycles. The van der Waals surface area contributed by atoms with E-state index in [0.717, 1.165) is 7.14 Å². The van der Waals surface area contributed by atoms with Gasteiger partial charge in [0.15, 0.2) is 0 Å². The highest BCUT2D eigenvalue weighted by Crippen LogP contribution is 2.27. The summed E-state index contributed by atoms with van der Waals surface area (Å²) in [6, 6.07) is 3.63. The minimum atomic E-state index is -0.451. The van der Waals surface area contributed by atoms with Gasteiger partial charge in [0, 0.05) is 14.7 Å². The van der Waals surface area contributed by atoms with E-state index in [1.165, 1.54) is 0 Å². The van der Waals surface area contributed by atoms with Gasteiger partial charge in [0.2, 0.25) is 0 Å². The monoisotopic (exact) mass is 444 g/mol. The van der Waals surface area contributed by atoms with Crippen molar-refractivity contribution >= 4 is 51.2 Å². The highest BCUT2D eigenvalue weighted by molar-refractivity contribution is 14.1. The fraction of sp³-hybridized carbons (Fsp3) is 0.182. The maximum absolute atomic E-state index is 11.2. The van der Waals surface area contributed by atoms with Crippen LogP contribution in [-0.2, 0) is 16.1 Å². The van der Waals surface area contributed by atoms with Gasteiger partial charge in [0.1, 0.15) is 12.4 Å². The number of phenolic OH excluding ortho intramolecular Hbond substituents is 1. The standard InChI is InChI=1S/C11H10I2O3/c1-6(2)11(15)16-5-7-3-8(12)4-9(13)10(7)14/h3-4,14H,1,5H2,2H3. The van der Waals surface area contributed by atoms with Crippen molar-refractivity contribution in [3.05, 3.63) is 37.0 Å². The Morgan fingerprint density at radius 2 is 2.12 bits per heavy atom. The number of carbonyl (C=O) groups excluding carboxylic acids is 1. The molecule has 0 spiro atoms. The molecule has 0 amide bonds. The number of hydrogen-bond donors (Lipinski definition) is 1. The van der Waals surface area contributed by atoms with Crippen LogP contribution < -0.4 is 0 Å². The quantitative estimate of drug-likeness (QED) is 0.443. The smallest absolute Gasteiger partial charge is 0.333 e. The third-order valence-corrected chi connectivity index (χ3v) is 3.26. The molecule has 0 aliphatic rings. The number of phenols is 1. The molecule has 0 aliphatic carbocycles. The van der Waals surface area contributed by atoms with Crippen molar-refractivity contribution in [2.24, 2.45) is 0 Å². The maximum Gasteiger partial charge on any atom is 0.333 e. The zero-order valence-electron chi connectivity index (χ0n) is 8.59. The van der Waals surface area contributed by atoms with Crippen LogP contribution in [0.5, 0.6) is 5.75 Å². The van der Waals surface area contributed by atoms with E-state index < -0.39 is 5.97 Å². The van der Waals surface area contributed by atoms with Gasteiger partial charge in [-0.3, -0.25) is 0 Å². The number of ether oxygens (including phenoxy) is 1. The van der Waals surface area contributed by atoms with Crippen LogP contribution >= 0.6 is 45.2 Å². The molecule has 0 unspecified atom stereocenters. The van der Waals surface area contributed by atoms with Crippen LogP contribution in [0.2, 0.25) is 0 Å². The molecule has 0 saturated carbocycles. The van der Waals surface area contributed by atoms with Gasteiger partial charge in [-0.2, -0.15) is 0 Å². The number of esters is 1. The first-order chi connectivity index (χ1) is 7.41. The van der Waals surface area contributed by atoms with E-state index >= 15 is 0 Å². The molecule has 0 bridgehead atoms. The average molecular weight is 444 g/mol. The van der Waals surface area contributed by atoms with Crippen molar-refractivity contribution in [3.63, 3.8) is 0 Å². The lowest BCUT2D eigenvalue weighted by atomic mass is 10.2. The molecule has 3 nitrogen and oxygen atoms in total. The number of hydrogen-bond acceptors (Lipinski definition) is 3. The fourth-order valence-corrected chi connectivity index (χ4v) is 2.96. The molecule has 16 heavy (non-hydrogen) atoms. The van der Waals surface area contributed by atoms with Crippen LogP contribution in [0, 0.1) is 7.14 Å². The summed E-state index contributed by atoms with van der Waals surface area (Å²) >= 11 is 4.18. The molecule has 0 aliphatic heterocycles. The molecule has 0 fully saturated rings. The molecule has 1 aromatic rings. The Balaban J connectivity index is 2.82. The molecule has 0 atom stereocenters. The first-order valence-corrected chi connectivity index (χ1v) is 6.57. The Bertz CT molecular complexity index is 441. The zero-order valence-corrected chi connectivity index (χ0v) is 12.9. The zero-order chi connectivity index (χ0) is 12.3. The van der Waals surface area contributed by atoms with Gasteiger partial charge in [-0.05, 0) is 64.2 Å². The molecule has 5 heteroatoms. The Labute approximate surface area is 121 Å². The summed E-state index contributed by atoms with van der Waals surface area (Å²) in [6.07, 6.45) is 0. The lowest BCUT2D eigenvalue weighted by Crippen LogP contribution is -2.05. The van der Waals surface area contributed by atoms with Gasteiger partial charge in [-0.15, -0.1) is 0 Å². The number of carbonyl (C=O) groups is 1. The van der Waals surface area contributed by atoms with Crippen molar-refractivity contribution in [2.75, 3.05) is 0 Å². The minimum absolute atomic E-state index is 0.0599. The lowest BCUT2D eigenvalue weighted by molar-refractivity contribution is -0.140. The van der Waals surface area contributed by atoms with Crippen LogP contribution in [0.25, 0.3) is 0 Å². The number of halogens is 2. The van der Waals surface area contributed by atoms with Crippen LogP contribution in [0.15, 0.2) is 24.3 Å². The molecular weight excluding hydrogens is 434 g/mol. The van der Waals surface area contributed by atoms with Crippen LogP contribution in [0.3, 0.4) is 0 Å². The van der Waals surface area contributed by atoms with Gasteiger partial charge >= 0.3 is 5.97 Å². The van der Waals surface area contributed by atoms with E-state index in [9.17, 15) is 9.90 Å². The summed E-state index contributed by atoms with van der Waals surface area (Å²) in [6.45, 7) is 5.13. The third kappa shape index (κ3) is 3.62. The van der Waals surface area contributed by atoms with Gasteiger partial charge in [-0.1, -0.05) is 6.58 Å². The Morgan fingerprint density at radius 1 is 1.50 bits per heavy atom. The average Bonchev–Trinajstić information content (AvgIpc) is 2.20. The molecule has 0 aromatic heterocycles. The molecule has 0 saturated heterocycles. The second-order valence-corrected chi connectivity index (χ2v) is 5.66. The van der Waals surface area contributed by atoms with Crippen LogP contribution in [0.4, 0.5) is 0 Å². The van der Waals surface area contributed by atoms with Crippen molar-refractivity contribution in [1.29, 1.82) is 0 Å². The highest BCUT2D eigenvalue weighted by atomic mass is 127. The maximum atomic E-state index is 11.2. The van der Waals surface area contributed by atoms with Gasteiger partial charge in [0.05, 0.1) is 3.57 Å². The van der Waals surface area contributed by atoms with Crippen molar-refractivity contribution in [2.45, 2.75) is 13.5 Å². The van der Waals surface area contributed by atoms with E-state index in [4.69, 9.17) is 4.74 Å². The molecular formula is C11H10I2O3. The summed E-state index contributed by atoms with van der Waals surface area (Å²) in [7, 11) is 0. The second-order valence-electron chi connectivity index (χ2n) is 3.25. The summed E-state index contributed by atoms with van der Waals surface area (Å²) in [4.78, 5) is 11.2. The lowest BCUT2D eigenvalue weighted by Gasteiger charge is -2.08. The minimum Gasteiger partial charge on any atom is -0.506 e. The van der Waals surface area contributed by atoms with Crippen LogP contribution in [0.1, 0.15) is 12.5 Å². The van der Waals surface area contributed by atoms with Crippen molar-refractivity contribution < 1.29 is 14.6 Å². The van der Waals surface area contributed by atoms with Gasteiger partial charge in [-0.25, -0.2) is 4.79 Å². The van der Waals surface area contributed by atoms with E-state index in [1.54, 1.807) is 13.0 Å². The molecule has 86 valence electrons. The molecule has 1 N–H and O–H groups in total. The third-order valence-electron chi connectivity index (χ3n) is 1.81. The van der Waals surface area contributed by atoms with Crippen molar-refractivity contribution in [1.82, 2.24) is 0 Å². The van der Waals surface area contributed by atoms with E-state index in [2.05, 4.69) is 29.2 Å². The molecule has 0 heterocycles. The Morgan fingerprint density at radius 3 is 2.69 bits per heavy atom. The normalized spacial score (nSPS) is 9.94. The molecule has 0 radical (unpaired) electrons. The largest absolute Gasteiger partial charge is 0.506 e. The summed E-state index contributed by atoms with van der Waals surface area (Å²) in [5.74, 6) is -0.288. The van der Waals surface area contributed by atoms with E-state index in [1.807, 2.05) is 28.7 Å². The first-order valence-electron chi connectivity index (χ1n) is 4.41. The topological polar surface area (TPSA) is 46.5 Å². The predicted octanol–water partition coefficient (Wildman–Crippen LogP) is 3.22. The van der Waals surface area contributed by atoms with Gasteiger partial charge < -0.3 is 9.84 Å². The predicted molar refractivity (Wildman–Crippen MR) is 78.2 cm³/mol. The van der Waals surface area contributed by atoms with E-state index in [0.29, 0.717) is 11.1 Å². The van der Waals surface area contributed by atoms with Crippen LogP contribution in [-0.4, -0.2) is 11.1 Å². The summed E-state index contributed by atoms with van der Waals surface area (Å²) in [5.41, 5.74) is 0.950. The highest BCUT2D eigenvalue weighted by Gasteiger charge is 2.10. The second kappa shape index (κ2) is 5.85. The summed E-state index contributed by atoms with van der Waals surface area (Å²) in [5, 5.41) is 9.75. The van der Waals surface area contributed by atoms with E-state index in [-0.39, 0.29) is 12.4 Å². The Hall–Kier alpha value is -0.310. The summed E-state index contributed by atoms with van der Waals surface area (Å²) < 4.78 is 6.70. The number of aromatic hydroxyl groups is 1. The van der Waals surface area contributed by atoms with Gasteiger partial charge in [0.25, 0.3) is 0 Å². The Kier molecular flexibility index (Phi) is 5.03. The SMILES string of the molecule is C=C(C)C(=O)OCc1cc(I)cc(I)c1O. The first kappa shape index (κ1) is 13.8.